The molecule has 3 rings (SSSR count). The lowest BCUT2D eigenvalue weighted by atomic mass is 10.1. The van der Waals surface area contributed by atoms with Crippen molar-refractivity contribution in [2.75, 3.05) is 63.6 Å². The van der Waals surface area contributed by atoms with E-state index in [9.17, 15) is 4.79 Å². The molecule has 0 radical (unpaired) electrons. The third-order valence-corrected chi connectivity index (χ3v) is 4.82. The van der Waals surface area contributed by atoms with E-state index in [0.29, 0.717) is 0 Å². The first-order valence-corrected chi connectivity index (χ1v) is 9.47. The Kier molecular flexibility index (Phi) is 6.42. The van der Waals surface area contributed by atoms with Gasteiger partial charge in [-0.1, -0.05) is 12.1 Å². The van der Waals surface area contributed by atoms with Crippen molar-refractivity contribution >= 4 is 17.4 Å². The van der Waals surface area contributed by atoms with Crippen molar-refractivity contribution in [1.82, 2.24) is 14.8 Å². The first-order valence-electron chi connectivity index (χ1n) is 9.47. The van der Waals surface area contributed by atoms with Gasteiger partial charge in [-0.2, -0.15) is 0 Å². The second-order valence-electron chi connectivity index (χ2n) is 7.30. The molecule has 1 saturated heterocycles. The van der Waals surface area contributed by atoms with Crippen molar-refractivity contribution < 1.29 is 4.79 Å². The standard InChI is InChI=1S/C21H29N5O/c1-17(27)23-20-6-4-5-18(15-20)19-7-8-21(22-16-19)26-13-11-25(12-14-26)10-9-24(2)3/h4-8,15-16H,9-14H2,1-3H3,(H,23,27). The minimum Gasteiger partial charge on any atom is -0.354 e. The Labute approximate surface area is 161 Å². The van der Waals surface area contributed by atoms with Crippen LogP contribution in [0.4, 0.5) is 11.5 Å². The lowest BCUT2D eigenvalue weighted by Crippen LogP contribution is -2.48. The Hall–Kier alpha value is -2.44. The van der Waals surface area contributed by atoms with Gasteiger partial charge in [-0.3, -0.25) is 9.69 Å². The largest absolute Gasteiger partial charge is 0.354 e. The maximum atomic E-state index is 11.2. The maximum Gasteiger partial charge on any atom is 0.221 e. The van der Waals surface area contributed by atoms with Crippen LogP contribution in [0.25, 0.3) is 11.1 Å². The fourth-order valence-electron chi connectivity index (χ4n) is 3.27. The molecule has 0 unspecified atom stereocenters. The van der Waals surface area contributed by atoms with E-state index in [1.165, 1.54) is 6.92 Å². The Morgan fingerprint density at radius 1 is 1.11 bits per heavy atom. The summed E-state index contributed by atoms with van der Waals surface area (Å²) in [4.78, 5) is 23.0. The van der Waals surface area contributed by atoms with Gasteiger partial charge in [0.1, 0.15) is 5.82 Å². The number of anilines is 2. The SMILES string of the molecule is CC(=O)Nc1cccc(-c2ccc(N3CCN(CCN(C)C)CC3)nc2)c1. The fourth-order valence-corrected chi connectivity index (χ4v) is 3.27. The summed E-state index contributed by atoms with van der Waals surface area (Å²) in [7, 11) is 4.24. The molecule has 6 nitrogen and oxygen atoms in total. The average molecular weight is 367 g/mol. The van der Waals surface area contributed by atoms with Crippen LogP contribution >= 0.6 is 0 Å². The smallest absolute Gasteiger partial charge is 0.221 e. The van der Waals surface area contributed by atoms with Crippen LogP contribution in [0.1, 0.15) is 6.92 Å². The number of benzene rings is 1. The van der Waals surface area contributed by atoms with Gasteiger partial charge in [0.25, 0.3) is 0 Å². The first-order chi connectivity index (χ1) is 13.0. The molecule has 1 aliphatic rings. The molecule has 0 aliphatic carbocycles. The Balaban J connectivity index is 1.60. The van der Waals surface area contributed by atoms with Gasteiger partial charge >= 0.3 is 0 Å². The van der Waals surface area contributed by atoms with Crippen LogP contribution in [0.5, 0.6) is 0 Å². The number of carbonyl (C=O) groups excluding carboxylic acids is 1. The molecule has 1 fully saturated rings. The summed E-state index contributed by atoms with van der Waals surface area (Å²) < 4.78 is 0. The van der Waals surface area contributed by atoms with E-state index in [2.05, 4.69) is 51.2 Å². The Morgan fingerprint density at radius 3 is 2.52 bits per heavy atom. The number of likely N-dealkylation sites (N-methyl/N-ethyl adjacent to an activating group) is 1. The summed E-state index contributed by atoms with van der Waals surface area (Å²) in [5, 5.41) is 2.82. The summed E-state index contributed by atoms with van der Waals surface area (Å²) in [5.74, 6) is 0.967. The molecular weight excluding hydrogens is 338 g/mol. The van der Waals surface area contributed by atoms with Crippen molar-refractivity contribution in [3.05, 3.63) is 42.6 Å². The monoisotopic (exact) mass is 367 g/mol. The number of rotatable bonds is 6. The van der Waals surface area contributed by atoms with Crippen LogP contribution in [0.15, 0.2) is 42.6 Å². The fraction of sp³-hybridized carbons (Fsp3) is 0.429. The molecule has 2 aromatic rings. The van der Waals surface area contributed by atoms with Gasteiger partial charge in [0.15, 0.2) is 0 Å². The lowest BCUT2D eigenvalue weighted by molar-refractivity contribution is -0.114. The van der Waals surface area contributed by atoms with Crippen molar-refractivity contribution in [2.45, 2.75) is 6.92 Å². The van der Waals surface area contributed by atoms with Gasteiger partial charge in [0, 0.05) is 63.6 Å². The number of carbonyl (C=O) groups is 1. The van der Waals surface area contributed by atoms with Crippen molar-refractivity contribution in [3.63, 3.8) is 0 Å². The molecule has 0 bridgehead atoms. The van der Waals surface area contributed by atoms with Crippen LogP contribution < -0.4 is 10.2 Å². The molecule has 1 aliphatic heterocycles. The van der Waals surface area contributed by atoms with Crippen LogP contribution in [0.2, 0.25) is 0 Å². The number of pyridine rings is 1. The highest BCUT2D eigenvalue weighted by Gasteiger charge is 2.17. The number of piperazine rings is 1. The molecular formula is C21H29N5O. The first kappa shape index (κ1) is 19.3. The van der Waals surface area contributed by atoms with E-state index in [4.69, 9.17) is 0 Å². The Bertz CT molecular complexity index is 751. The molecule has 0 atom stereocenters. The topological polar surface area (TPSA) is 51.7 Å². The van der Waals surface area contributed by atoms with Crippen LogP contribution in [-0.2, 0) is 4.79 Å². The molecule has 6 heteroatoms. The molecule has 2 heterocycles. The summed E-state index contributed by atoms with van der Waals surface area (Å²) in [6, 6.07) is 12.0. The summed E-state index contributed by atoms with van der Waals surface area (Å²) in [6.45, 7) is 7.92. The summed E-state index contributed by atoms with van der Waals surface area (Å²) in [6.07, 6.45) is 1.92. The number of nitrogens with zero attached hydrogens (tertiary/aromatic N) is 4. The van der Waals surface area contributed by atoms with Crippen LogP contribution in [0, 0.1) is 0 Å². The van der Waals surface area contributed by atoms with Gasteiger partial charge in [0.05, 0.1) is 0 Å². The molecule has 1 N–H and O–H groups in total. The van der Waals surface area contributed by atoms with Crippen molar-refractivity contribution in [1.29, 1.82) is 0 Å². The van der Waals surface area contributed by atoms with Gasteiger partial charge in [-0.25, -0.2) is 4.98 Å². The predicted octanol–water partition coefficient (Wildman–Crippen LogP) is 2.39. The third kappa shape index (κ3) is 5.52. The van der Waals surface area contributed by atoms with E-state index in [1.54, 1.807) is 0 Å². The summed E-state index contributed by atoms with van der Waals surface area (Å²) >= 11 is 0. The van der Waals surface area contributed by atoms with E-state index in [-0.39, 0.29) is 5.91 Å². The molecule has 0 spiro atoms. The zero-order chi connectivity index (χ0) is 19.2. The number of nitrogens with one attached hydrogen (secondary N) is 1. The molecule has 0 saturated carbocycles. The van der Waals surface area contributed by atoms with Gasteiger partial charge in [-0.05, 0) is 43.9 Å². The Morgan fingerprint density at radius 2 is 1.89 bits per heavy atom. The minimum atomic E-state index is -0.0645. The maximum absolute atomic E-state index is 11.2. The molecule has 1 aromatic carbocycles. The molecule has 1 aromatic heterocycles. The van der Waals surface area contributed by atoms with Gasteiger partial charge in [-0.15, -0.1) is 0 Å². The number of hydrogen-bond acceptors (Lipinski definition) is 5. The highest BCUT2D eigenvalue weighted by atomic mass is 16.1. The average Bonchev–Trinajstić information content (AvgIpc) is 2.67. The normalized spacial score (nSPS) is 15.2. The van der Waals surface area contributed by atoms with Crippen molar-refractivity contribution in [3.8, 4) is 11.1 Å². The van der Waals surface area contributed by atoms with E-state index >= 15 is 0 Å². The lowest BCUT2D eigenvalue weighted by Gasteiger charge is -2.35. The van der Waals surface area contributed by atoms with Crippen LogP contribution in [0.3, 0.4) is 0 Å². The number of hydrogen-bond donors (Lipinski definition) is 1. The highest BCUT2D eigenvalue weighted by Crippen LogP contribution is 2.24. The number of amides is 1. The zero-order valence-corrected chi connectivity index (χ0v) is 16.5. The van der Waals surface area contributed by atoms with Gasteiger partial charge in [0.2, 0.25) is 5.91 Å². The van der Waals surface area contributed by atoms with E-state index in [1.807, 2.05) is 30.5 Å². The third-order valence-electron chi connectivity index (χ3n) is 4.82. The number of aromatic nitrogens is 1. The van der Waals surface area contributed by atoms with Crippen LogP contribution in [-0.4, -0.2) is 74.1 Å². The molecule has 1 amide bonds. The zero-order valence-electron chi connectivity index (χ0n) is 16.5. The quantitative estimate of drug-likeness (QED) is 0.850. The van der Waals surface area contributed by atoms with Gasteiger partial charge < -0.3 is 15.1 Å². The molecule has 144 valence electrons. The van der Waals surface area contributed by atoms with E-state index < -0.39 is 0 Å². The second-order valence-corrected chi connectivity index (χ2v) is 7.30. The molecule has 27 heavy (non-hydrogen) atoms. The highest BCUT2D eigenvalue weighted by molar-refractivity contribution is 5.89. The van der Waals surface area contributed by atoms with E-state index in [0.717, 1.165) is 61.9 Å². The summed E-state index contributed by atoms with van der Waals surface area (Å²) in [5.41, 5.74) is 2.90. The second kappa shape index (κ2) is 8.97. The van der Waals surface area contributed by atoms with Crippen molar-refractivity contribution in [2.24, 2.45) is 0 Å². The minimum absolute atomic E-state index is 0.0645. The predicted molar refractivity (Wildman–Crippen MR) is 111 cm³/mol.